The minimum Gasteiger partial charge on any atom is -0.381 e. The molecule has 1 aliphatic rings. The van der Waals surface area contributed by atoms with Crippen molar-refractivity contribution in [3.8, 4) is 45.7 Å². The van der Waals surface area contributed by atoms with Gasteiger partial charge in [0.15, 0.2) is 0 Å². The molecule has 0 bridgehead atoms. The van der Waals surface area contributed by atoms with Gasteiger partial charge in [0.2, 0.25) is 0 Å². The molecule has 0 atom stereocenters. The van der Waals surface area contributed by atoms with Gasteiger partial charge in [-0.2, -0.15) is 0 Å². The van der Waals surface area contributed by atoms with Crippen molar-refractivity contribution < 1.29 is 4.74 Å². The fraction of sp³-hybridized carbons (Fsp3) is 0.263. The van der Waals surface area contributed by atoms with E-state index in [1.165, 1.54) is 38.7 Å². The molecular weight excluding hydrogens is 655 g/mol. The monoisotopic (exact) mass is 700 g/mol. The highest BCUT2D eigenvalue weighted by molar-refractivity contribution is 14.1. The maximum Gasteiger partial charge on any atom is 0.129 e. The van der Waals surface area contributed by atoms with E-state index in [1.807, 2.05) is 12.1 Å². The fourth-order valence-corrected chi connectivity index (χ4v) is 4.75. The normalized spacial score (nSPS) is 12.0. The van der Waals surface area contributed by atoms with E-state index in [0.29, 0.717) is 0 Å². The zero-order valence-corrected chi connectivity index (χ0v) is 30.2. The first-order chi connectivity index (χ1) is 20.0. The predicted molar refractivity (Wildman–Crippen MR) is 199 cm³/mol. The van der Waals surface area contributed by atoms with Crippen LogP contribution in [-0.4, -0.2) is 29.4 Å². The van der Waals surface area contributed by atoms with Gasteiger partial charge in [0.25, 0.3) is 0 Å². The maximum atomic E-state index is 5.12. The van der Waals surface area contributed by atoms with Crippen LogP contribution in [0, 0.1) is 27.0 Å². The summed E-state index contributed by atoms with van der Waals surface area (Å²) in [4.78, 5) is 0. The van der Waals surface area contributed by atoms with Gasteiger partial charge in [-0.1, -0.05) is 142 Å². The van der Waals surface area contributed by atoms with Crippen LogP contribution in [0.25, 0.3) is 22.3 Å². The smallest absolute Gasteiger partial charge is 0.129 e. The standard InChI is InChI=1S/C17H18Si.C12H9I.C5H10Si.C4H8O/c1-18(2,3)14-13-16-11-7-8-12-17(16)15-9-5-4-6-10-15;13-12-9-5-4-8-11(12)10-6-2-1-3-7-10;1-5-6(2,3)4;1-2-4-5-3-1/h4-12H,1-3H3;1-9H;1H,2-4H3;1-4H2. The second-order valence-corrected chi connectivity index (χ2v) is 22.7. The largest absolute Gasteiger partial charge is 0.381 e. The van der Waals surface area contributed by atoms with Gasteiger partial charge in [-0.3, -0.25) is 0 Å². The molecule has 1 saturated heterocycles. The third kappa shape index (κ3) is 14.8. The summed E-state index contributed by atoms with van der Waals surface area (Å²) < 4.78 is 6.24. The molecule has 4 aromatic carbocycles. The van der Waals surface area contributed by atoms with Crippen LogP contribution in [0.3, 0.4) is 0 Å². The van der Waals surface area contributed by atoms with E-state index in [2.05, 4.69) is 176 Å². The van der Waals surface area contributed by atoms with Crippen LogP contribution in [-0.2, 0) is 4.74 Å². The van der Waals surface area contributed by atoms with E-state index in [1.54, 1.807) is 0 Å². The number of hydrogen-bond donors (Lipinski definition) is 0. The Kier molecular flexibility index (Phi) is 15.7. The molecule has 0 amide bonds. The van der Waals surface area contributed by atoms with Crippen molar-refractivity contribution in [3.63, 3.8) is 0 Å². The summed E-state index contributed by atoms with van der Waals surface area (Å²) in [6, 6.07) is 37.7. The fourth-order valence-electron chi connectivity index (χ4n) is 3.54. The van der Waals surface area contributed by atoms with Gasteiger partial charge in [0.05, 0.1) is 0 Å². The van der Waals surface area contributed by atoms with Crippen molar-refractivity contribution in [2.75, 3.05) is 13.2 Å². The number of halogens is 1. The van der Waals surface area contributed by atoms with Gasteiger partial charge >= 0.3 is 0 Å². The Balaban J connectivity index is 0.000000222. The molecule has 0 spiro atoms. The summed E-state index contributed by atoms with van der Waals surface area (Å²) in [6.45, 7) is 15.2. The lowest BCUT2D eigenvalue weighted by Gasteiger charge is -2.06. The first kappa shape index (κ1) is 35.3. The molecule has 0 N–H and O–H groups in total. The molecule has 0 unspecified atom stereocenters. The Bertz CT molecular complexity index is 1420. The summed E-state index contributed by atoms with van der Waals surface area (Å²) >= 11 is 2.36. The van der Waals surface area contributed by atoms with Crippen molar-refractivity contribution in [1.29, 1.82) is 0 Å². The average Bonchev–Trinajstić information content (AvgIpc) is 3.58. The van der Waals surface area contributed by atoms with E-state index in [9.17, 15) is 0 Å². The minimum atomic E-state index is -1.32. The van der Waals surface area contributed by atoms with Crippen molar-refractivity contribution in [2.24, 2.45) is 0 Å². The van der Waals surface area contributed by atoms with E-state index >= 15 is 0 Å². The zero-order chi connectivity index (χ0) is 30.8. The highest BCUT2D eigenvalue weighted by Gasteiger charge is 2.08. The molecule has 4 aromatic rings. The van der Waals surface area contributed by atoms with Crippen LogP contribution in [0.15, 0.2) is 109 Å². The number of benzene rings is 4. The second kappa shape index (κ2) is 18.6. The summed E-state index contributed by atoms with van der Waals surface area (Å²) in [5.41, 5.74) is 12.4. The first-order valence-corrected chi connectivity index (χ1v) is 22.6. The molecule has 0 aromatic heterocycles. The summed E-state index contributed by atoms with van der Waals surface area (Å²) in [5.74, 6) is 3.36. The lowest BCUT2D eigenvalue weighted by atomic mass is 10.0. The molecule has 218 valence electrons. The van der Waals surface area contributed by atoms with Gasteiger partial charge < -0.3 is 4.74 Å². The number of terminal acetylenes is 1. The zero-order valence-electron chi connectivity index (χ0n) is 26.1. The Morgan fingerprint density at radius 1 is 0.595 bits per heavy atom. The molecular formula is C38H45IOSi2. The quantitative estimate of drug-likeness (QED) is 0.115. The lowest BCUT2D eigenvalue weighted by molar-refractivity contribution is 0.198. The predicted octanol–water partition coefficient (Wildman–Crippen LogP) is 10.8. The van der Waals surface area contributed by atoms with Crippen LogP contribution in [0.2, 0.25) is 39.3 Å². The van der Waals surface area contributed by atoms with Crippen LogP contribution < -0.4 is 0 Å². The van der Waals surface area contributed by atoms with Crippen molar-refractivity contribution in [3.05, 3.63) is 118 Å². The molecule has 5 rings (SSSR count). The molecule has 0 saturated carbocycles. The third-order valence-electron chi connectivity index (χ3n) is 5.80. The molecule has 1 nitrogen and oxygen atoms in total. The Hall–Kier alpha value is -2.88. The summed E-state index contributed by atoms with van der Waals surface area (Å²) in [6.07, 6.45) is 7.67. The van der Waals surface area contributed by atoms with E-state index < -0.39 is 16.1 Å². The highest BCUT2D eigenvalue weighted by Crippen LogP contribution is 2.24. The molecule has 1 heterocycles. The summed E-state index contributed by atoms with van der Waals surface area (Å²) in [7, 11) is -2.43. The Labute approximate surface area is 271 Å². The Morgan fingerprint density at radius 2 is 1.02 bits per heavy atom. The Morgan fingerprint density at radius 3 is 1.45 bits per heavy atom. The van der Waals surface area contributed by atoms with Crippen LogP contribution in [0.1, 0.15) is 18.4 Å². The molecule has 1 fully saturated rings. The lowest BCUT2D eigenvalue weighted by Crippen LogP contribution is -2.16. The number of hydrogen-bond acceptors (Lipinski definition) is 1. The van der Waals surface area contributed by atoms with Gasteiger partial charge in [-0.05, 0) is 69.8 Å². The molecule has 4 heteroatoms. The van der Waals surface area contributed by atoms with Crippen molar-refractivity contribution in [2.45, 2.75) is 52.1 Å². The van der Waals surface area contributed by atoms with Gasteiger partial charge in [0, 0.05) is 22.3 Å². The summed E-state index contributed by atoms with van der Waals surface area (Å²) in [5, 5.41) is 0. The number of ether oxygens (including phenoxy) is 1. The highest BCUT2D eigenvalue weighted by atomic mass is 127. The third-order valence-corrected chi connectivity index (χ3v) is 8.48. The van der Waals surface area contributed by atoms with E-state index in [4.69, 9.17) is 11.2 Å². The second-order valence-electron chi connectivity index (χ2n) is 12.0. The molecule has 0 aliphatic carbocycles. The maximum absolute atomic E-state index is 5.12. The molecule has 42 heavy (non-hydrogen) atoms. The minimum absolute atomic E-state index is 1.00. The average molecular weight is 701 g/mol. The van der Waals surface area contributed by atoms with Crippen molar-refractivity contribution >= 4 is 38.7 Å². The number of rotatable bonds is 2. The topological polar surface area (TPSA) is 9.23 Å². The van der Waals surface area contributed by atoms with Crippen molar-refractivity contribution in [1.82, 2.24) is 0 Å². The van der Waals surface area contributed by atoms with Crippen LogP contribution in [0.4, 0.5) is 0 Å². The molecule has 1 aliphatic heterocycles. The van der Waals surface area contributed by atoms with Gasteiger partial charge in [-0.25, -0.2) is 0 Å². The first-order valence-electron chi connectivity index (χ1n) is 14.5. The van der Waals surface area contributed by atoms with Gasteiger partial charge in [-0.15, -0.1) is 17.5 Å². The van der Waals surface area contributed by atoms with Crippen LogP contribution in [0.5, 0.6) is 0 Å². The molecule has 0 radical (unpaired) electrons. The SMILES string of the molecule is C#C[Si](C)(C)C.C1CCOC1.C[Si](C)(C)C#Cc1ccccc1-c1ccccc1.Ic1ccccc1-c1ccccc1. The van der Waals surface area contributed by atoms with E-state index in [-0.39, 0.29) is 0 Å². The van der Waals surface area contributed by atoms with E-state index in [0.717, 1.165) is 18.8 Å². The van der Waals surface area contributed by atoms with Gasteiger partial charge in [0.1, 0.15) is 16.1 Å². The van der Waals surface area contributed by atoms with Crippen LogP contribution >= 0.6 is 22.6 Å².